The molecule has 1 atom stereocenters. The average Bonchev–Trinajstić information content (AvgIpc) is 2.31. The molecule has 0 radical (unpaired) electrons. The van der Waals surface area contributed by atoms with E-state index >= 15 is 0 Å². The molecule has 0 amide bonds. The lowest BCUT2D eigenvalue weighted by molar-refractivity contribution is 0.314. The normalized spacial score (nSPS) is 13.5. The Balaban J connectivity index is 0.00000169. The Hall–Kier alpha value is -0.470. The Morgan fingerprint density at radius 2 is 1.93 bits per heavy atom. The fraction of sp³-hybridized carbons (Fsp3) is 0.636. The summed E-state index contributed by atoms with van der Waals surface area (Å²) in [6.45, 7) is 8.49. The zero-order valence-electron chi connectivity index (χ0n) is 9.33. The van der Waals surface area contributed by atoms with E-state index in [1.165, 1.54) is 0 Å². The van der Waals surface area contributed by atoms with Crippen molar-refractivity contribution in [3.8, 4) is 0 Å². The molecule has 0 fully saturated rings. The van der Waals surface area contributed by atoms with Gasteiger partial charge in [0.2, 0.25) is 0 Å². The lowest BCUT2D eigenvalue weighted by atomic mass is 9.88. The monoisotopic (exact) mass is 217 g/mol. The van der Waals surface area contributed by atoms with Gasteiger partial charge in [-0.15, -0.1) is 12.4 Å². The van der Waals surface area contributed by atoms with Crippen LogP contribution in [-0.2, 0) is 0 Å². The Morgan fingerprint density at radius 3 is 2.29 bits per heavy atom. The van der Waals surface area contributed by atoms with Crippen LogP contribution in [0.3, 0.4) is 0 Å². The molecule has 0 aromatic carbocycles. The van der Waals surface area contributed by atoms with Crippen molar-refractivity contribution in [2.45, 2.75) is 40.2 Å². The van der Waals surface area contributed by atoms with Crippen molar-refractivity contribution in [2.24, 2.45) is 11.1 Å². The molecule has 0 aliphatic rings. The number of hydrogen-bond acceptors (Lipinski definition) is 2. The van der Waals surface area contributed by atoms with Gasteiger partial charge in [0.15, 0.2) is 0 Å². The second-order valence-corrected chi connectivity index (χ2v) is 4.82. The topological polar surface area (TPSA) is 39.2 Å². The molecule has 82 valence electrons. The molecule has 0 spiro atoms. The molecule has 1 aromatic rings. The molecule has 1 unspecified atom stereocenters. The maximum atomic E-state index is 6.00. The second kappa shape index (κ2) is 4.85. The summed E-state index contributed by atoms with van der Waals surface area (Å²) in [5.74, 6) is 1.83. The van der Waals surface area contributed by atoms with Crippen LogP contribution in [-0.4, -0.2) is 0 Å². The molecule has 0 saturated heterocycles. The first-order chi connectivity index (χ1) is 5.88. The van der Waals surface area contributed by atoms with E-state index in [4.69, 9.17) is 10.2 Å². The van der Waals surface area contributed by atoms with Crippen LogP contribution in [0.1, 0.15) is 44.8 Å². The van der Waals surface area contributed by atoms with Gasteiger partial charge in [-0.05, 0) is 30.9 Å². The van der Waals surface area contributed by atoms with E-state index in [9.17, 15) is 0 Å². The molecule has 14 heavy (non-hydrogen) atoms. The summed E-state index contributed by atoms with van der Waals surface area (Å²) < 4.78 is 5.47. The van der Waals surface area contributed by atoms with Crippen LogP contribution in [0.4, 0.5) is 0 Å². The van der Waals surface area contributed by atoms with Gasteiger partial charge in [-0.25, -0.2) is 0 Å². The number of rotatable bonds is 2. The second-order valence-electron chi connectivity index (χ2n) is 4.82. The molecule has 0 aliphatic carbocycles. The molecular weight excluding hydrogens is 198 g/mol. The zero-order valence-corrected chi connectivity index (χ0v) is 10.1. The SMILES string of the molecule is Cc1ccc(C(N)CC(C)(C)C)o1.Cl. The first-order valence-corrected chi connectivity index (χ1v) is 4.70. The van der Waals surface area contributed by atoms with Crippen molar-refractivity contribution >= 4 is 12.4 Å². The fourth-order valence-corrected chi connectivity index (χ4v) is 1.41. The smallest absolute Gasteiger partial charge is 0.120 e. The third-order valence-corrected chi connectivity index (χ3v) is 1.96. The molecule has 1 heterocycles. The quantitative estimate of drug-likeness (QED) is 0.824. The summed E-state index contributed by atoms with van der Waals surface area (Å²) in [7, 11) is 0. The van der Waals surface area contributed by atoms with Gasteiger partial charge in [0.05, 0.1) is 6.04 Å². The predicted molar refractivity (Wildman–Crippen MR) is 61.7 cm³/mol. The van der Waals surface area contributed by atoms with Crippen LogP contribution in [0.15, 0.2) is 16.5 Å². The third kappa shape index (κ3) is 4.16. The highest BCUT2D eigenvalue weighted by atomic mass is 35.5. The van der Waals surface area contributed by atoms with Crippen LogP contribution in [0.2, 0.25) is 0 Å². The van der Waals surface area contributed by atoms with Gasteiger partial charge >= 0.3 is 0 Å². The first kappa shape index (κ1) is 13.5. The van der Waals surface area contributed by atoms with E-state index in [0.717, 1.165) is 17.9 Å². The highest BCUT2D eigenvalue weighted by molar-refractivity contribution is 5.85. The van der Waals surface area contributed by atoms with Crippen molar-refractivity contribution < 1.29 is 4.42 Å². The maximum absolute atomic E-state index is 6.00. The third-order valence-electron chi connectivity index (χ3n) is 1.96. The number of halogens is 1. The fourth-order valence-electron chi connectivity index (χ4n) is 1.41. The Bertz CT molecular complexity index is 275. The Kier molecular flexibility index (Phi) is 4.69. The highest BCUT2D eigenvalue weighted by Gasteiger charge is 2.18. The van der Waals surface area contributed by atoms with Gasteiger partial charge < -0.3 is 10.2 Å². The largest absolute Gasteiger partial charge is 0.465 e. The molecule has 0 bridgehead atoms. The molecule has 1 rings (SSSR count). The van der Waals surface area contributed by atoms with E-state index < -0.39 is 0 Å². The van der Waals surface area contributed by atoms with Crippen LogP contribution in [0.5, 0.6) is 0 Å². The molecule has 2 nitrogen and oxygen atoms in total. The molecule has 0 aliphatic heterocycles. The van der Waals surface area contributed by atoms with Crippen molar-refractivity contribution in [2.75, 3.05) is 0 Å². The van der Waals surface area contributed by atoms with Gasteiger partial charge in [0, 0.05) is 0 Å². The molecule has 2 N–H and O–H groups in total. The van der Waals surface area contributed by atoms with Gasteiger partial charge in [-0.1, -0.05) is 20.8 Å². The minimum Gasteiger partial charge on any atom is -0.465 e. The minimum absolute atomic E-state index is 0. The number of hydrogen-bond donors (Lipinski definition) is 1. The summed E-state index contributed by atoms with van der Waals surface area (Å²) >= 11 is 0. The van der Waals surface area contributed by atoms with Crippen molar-refractivity contribution in [3.05, 3.63) is 23.7 Å². The van der Waals surface area contributed by atoms with E-state index in [0.29, 0.717) is 0 Å². The average molecular weight is 218 g/mol. The highest BCUT2D eigenvalue weighted by Crippen LogP contribution is 2.28. The molecule has 0 saturated carbocycles. The van der Waals surface area contributed by atoms with E-state index in [2.05, 4.69) is 20.8 Å². The van der Waals surface area contributed by atoms with Crippen LogP contribution in [0.25, 0.3) is 0 Å². The number of nitrogens with two attached hydrogens (primary N) is 1. The van der Waals surface area contributed by atoms with E-state index in [1.807, 2.05) is 19.1 Å². The summed E-state index contributed by atoms with van der Waals surface area (Å²) in [6, 6.07) is 3.94. The van der Waals surface area contributed by atoms with Crippen LogP contribution in [0, 0.1) is 12.3 Å². The minimum atomic E-state index is 0. The summed E-state index contributed by atoms with van der Waals surface area (Å²) in [5.41, 5.74) is 6.25. The zero-order chi connectivity index (χ0) is 10.1. The van der Waals surface area contributed by atoms with E-state index in [1.54, 1.807) is 0 Å². The van der Waals surface area contributed by atoms with Gasteiger partial charge in [0.25, 0.3) is 0 Å². The summed E-state index contributed by atoms with van der Waals surface area (Å²) in [5, 5.41) is 0. The van der Waals surface area contributed by atoms with Crippen LogP contribution >= 0.6 is 12.4 Å². The van der Waals surface area contributed by atoms with Gasteiger partial charge in [-0.3, -0.25) is 0 Å². The molecule has 1 aromatic heterocycles. The Labute approximate surface area is 92.3 Å². The van der Waals surface area contributed by atoms with Crippen molar-refractivity contribution in [1.29, 1.82) is 0 Å². The summed E-state index contributed by atoms with van der Waals surface area (Å²) in [4.78, 5) is 0. The predicted octanol–water partition coefficient (Wildman–Crippen LogP) is 3.45. The standard InChI is InChI=1S/C11H19NO.ClH/c1-8-5-6-10(13-8)9(12)7-11(2,3)4;/h5-6,9H,7,12H2,1-4H3;1H. The van der Waals surface area contributed by atoms with Crippen LogP contribution < -0.4 is 5.73 Å². The first-order valence-electron chi connectivity index (χ1n) is 4.70. The molecular formula is C11H20ClNO. The van der Waals surface area contributed by atoms with Gasteiger partial charge in [-0.2, -0.15) is 0 Å². The lowest BCUT2D eigenvalue weighted by Gasteiger charge is -2.21. The van der Waals surface area contributed by atoms with Crippen molar-refractivity contribution in [1.82, 2.24) is 0 Å². The maximum Gasteiger partial charge on any atom is 0.120 e. The number of aryl methyl sites for hydroxylation is 1. The van der Waals surface area contributed by atoms with E-state index in [-0.39, 0.29) is 23.9 Å². The Morgan fingerprint density at radius 1 is 1.36 bits per heavy atom. The lowest BCUT2D eigenvalue weighted by Crippen LogP contribution is -2.18. The number of furan rings is 1. The van der Waals surface area contributed by atoms with Crippen molar-refractivity contribution in [3.63, 3.8) is 0 Å². The summed E-state index contributed by atoms with van der Waals surface area (Å²) in [6.07, 6.45) is 0.944. The van der Waals surface area contributed by atoms with Gasteiger partial charge in [0.1, 0.15) is 11.5 Å². The molecule has 3 heteroatoms.